The third kappa shape index (κ3) is 7.15. The van der Waals surface area contributed by atoms with E-state index in [9.17, 15) is 0 Å². The number of aryl methyl sites for hydroxylation is 1. The van der Waals surface area contributed by atoms with Crippen molar-refractivity contribution in [1.82, 2.24) is 9.97 Å². The minimum Gasteiger partial charge on any atom is -0.375 e. The molecule has 0 radical (unpaired) electrons. The Bertz CT molecular complexity index is 1530. The van der Waals surface area contributed by atoms with E-state index in [1.54, 1.807) is 6.07 Å². The molecule has 0 spiro atoms. The van der Waals surface area contributed by atoms with Crippen LogP contribution in [-0.2, 0) is 12.3 Å². The molecule has 2 aromatic carbocycles. The van der Waals surface area contributed by atoms with Gasteiger partial charge in [-0.25, -0.2) is 8.78 Å². The number of rotatable bonds is 13. The maximum Gasteiger partial charge on any atom is 0.272 e. The van der Waals surface area contributed by atoms with E-state index in [-0.39, 0.29) is 5.56 Å². The zero-order valence-corrected chi connectivity index (χ0v) is 26.7. The van der Waals surface area contributed by atoms with E-state index < -0.39 is 5.92 Å². The molecule has 0 amide bonds. The number of nitrogens with zero attached hydrogens (tertiary/aromatic N) is 5. The Morgan fingerprint density at radius 2 is 1.53 bits per heavy atom. The van der Waals surface area contributed by atoms with Crippen molar-refractivity contribution in [3.8, 4) is 11.1 Å². The molecule has 43 heavy (non-hydrogen) atoms. The fourth-order valence-electron chi connectivity index (χ4n) is 5.43. The van der Waals surface area contributed by atoms with Gasteiger partial charge in [0.05, 0.1) is 23.1 Å². The van der Waals surface area contributed by atoms with E-state index in [4.69, 9.17) is 4.98 Å². The summed E-state index contributed by atoms with van der Waals surface area (Å²) in [6.45, 7) is 10.8. The summed E-state index contributed by atoms with van der Waals surface area (Å²) in [5.41, 5.74) is 6.98. The van der Waals surface area contributed by atoms with Gasteiger partial charge in [-0.3, -0.25) is 9.97 Å². The second kappa shape index (κ2) is 14.0. The number of hydrogen-bond acceptors (Lipinski definition) is 5. The van der Waals surface area contributed by atoms with Crippen molar-refractivity contribution >= 4 is 33.7 Å². The van der Waals surface area contributed by atoms with Gasteiger partial charge >= 0.3 is 0 Å². The highest BCUT2D eigenvalue weighted by Crippen LogP contribution is 2.44. The fraction of sp³-hybridized carbons (Fsp3) is 0.389. The van der Waals surface area contributed by atoms with Crippen LogP contribution in [0.25, 0.3) is 22.0 Å². The minimum atomic E-state index is -3.01. The number of allylic oxidation sites excluding steroid dienone is 1. The van der Waals surface area contributed by atoms with Gasteiger partial charge in [0.2, 0.25) is 0 Å². The summed E-state index contributed by atoms with van der Waals surface area (Å²) in [5.74, 6) is -3.01. The van der Waals surface area contributed by atoms with E-state index in [0.29, 0.717) is 11.4 Å². The maximum absolute atomic E-state index is 15.3. The Hall–Kier alpha value is -4.00. The van der Waals surface area contributed by atoms with Crippen LogP contribution in [0.3, 0.4) is 0 Å². The monoisotopic (exact) mass is 585 g/mol. The van der Waals surface area contributed by atoms with E-state index in [1.165, 1.54) is 0 Å². The van der Waals surface area contributed by atoms with Crippen LogP contribution in [0.2, 0.25) is 0 Å². The molecule has 7 heteroatoms. The third-order valence-corrected chi connectivity index (χ3v) is 7.61. The first kappa shape index (κ1) is 31.9. The first-order valence-electron chi connectivity index (χ1n) is 15.4. The van der Waals surface area contributed by atoms with Gasteiger partial charge in [-0.15, -0.1) is 0 Å². The van der Waals surface area contributed by atoms with Gasteiger partial charge in [-0.2, -0.15) is 0 Å². The van der Waals surface area contributed by atoms with Crippen molar-refractivity contribution in [2.24, 2.45) is 0 Å². The highest BCUT2D eigenvalue weighted by Gasteiger charge is 2.31. The van der Waals surface area contributed by atoms with Gasteiger partial charge in [0.1, 0.15) is 0 Å². The fourth-order valence-corrected chi connectivity index (χ4v) is 5.43. The minimum absolute atomic E-state index is 0.0364. The third-order valence-electron chi connectivity index (χ3n) is 7.61. The van der Waals surface area contributed by atoms with E-state index in [0.717, 1.165) is 84.8 Å². The number of halogens is 2. The van der Waals surface area contributed by atoms with Crippen LogP contribution in [-0.4, -0.2) is 37.2 Å². The maximum atomic E-state index is 15.3. The van der Waals surface area contributed by atoms with Crippen LogP contribution in [0.1, 0.15) is 65.1 Å². The molecule has 0 fully saturated rings. The first-order valence-corrected chi connectivity index (χ1v) is 15.4. The van der Waals surface area contributed by atoms with Gasteiger partial charge in [0.25, 0.3) is 5.92 Å². The molecule has 228 valence electrons. The van der Waals surface area contributed by atoms with Crippen molar-refractivity contribution < 1.29 is 8.78 Å². The molecule has 0 saturated heterocycles. The predicted molar refractivity (Wildman–Crippen MR) is 179 cm³/mol. The molecule has 2 aromatic heterocycles. The highest BCUT2D eigenvalue weighted by molar-refractivity contribution is 6.02. The quantitative estimate of drug-likeness (QED) is 0.156. The largest absolute Gasteiger partial charge is 0.375 e. The Morgan fingerprint density at radius 3 is 2.12 bits per heavy atom. The molecule has 4 aromatic rings. The van der Waals surface area contributed by atoms with Crippen molar-refractivity contribution in [3.05, 3.63) is 84.5 Å². The molecule has 0 atom stereocenters. The number of anilines is 4. The lowest BCUT2D eigenvalue weighted by Crippen LogP contribution is -2.28. The number of aromatic nitrogens is 2. The molecular weight excluding hydrogens is 540 g/mol. The SMILES string of the molecule is CC/C=C\N(c1ccc(N(CCC)CCC)c(C(C)(F)F)c1)c1c(N(C)C)cnc2ccc(-c3ccc(CC)nc3)cc12. The summed E-state index contributed by atoms with van der Waals surface area (Å²) in [7, 11) is 3.96. The van der Waals surface area contributed by atoms with Crippen molar-refractivity contribution in [2.45, 2.75) is 66.2 Å². The summed E-state index contributed by atoms with van der Waals surface area (Å²) >= 11 is 0. The van der Waals surface area contributed by atoms with Crippen LogP contribution < -0.4 is 14.7 Å². The summed E-state index contributed by atoms with van der Waals surface area (Å²) in [6.07, 6.45) is 11.3. The van der Waals surface area contributed by atoms with Crippen LogP contribution in [0.5, 0.6) is 0 Å². The zero-order valence-electron chi connectivity index (χ0n) is 26.7. The lowest BCUT2D eigenvalue weighted by atomic mass is 10.0. The number of benzene rings is 2. The molecule has 0 aliphatic carbocycles. The average Bonchev–Trinajstić information content (AvgIpc) is 3.00. The lowest BCUT2D eigenvalue weighted by Gasteiger charge is -2.32. The Labute approximate surface area is 255 Å². The molecule has 2 heterocycles. The van der Waals surface area contributed by atoms with E-state index in [1.807, 2.05) is 60.7 Å². The Kier molecular flexibility index (Phi) is 10.4. The van der Waals surface area contributed by atoms with Crippen molar-refractivity contribution in [1.29, 1.82) is 0 Å². The molecular formula is C36H45F2N5. The van der Waals surface area contributed by atoms with Crippen molar-refractivity contribution in [2.75, 3.05) is 41.9 Å². The number of alkyl halides is 2. The number of pyridine rings is 2. The Morgan fingerprint density at radius 1 is 0.814 bits per heavy atom. The molecule has 5 nitrogen and oxygen atoms in total. The van der Waals surface area contributed by atoms with Crippen LogP contribution >= 0.6 is 0 Å². The first-order chi connectivity index (χ1) is 20.6. The second-order valence-corrected chi connectivity index (χ2v) is 11.3. The normalized spacial score (nSPS) is 11.8. The molecule has 0 unspecified atom stereocenters. The summed E-state index contributed by atoms with van der Waals surface area (Å²) in [6, 6.07) is 15.9. The standard InChI is InChI=1S/C36H45F2N5/c1-8-12-21-43(29-16-18-33(31(23-29)36(5,37)38)42(19-9-2)20-10-3)35-30-22-26(27-13-15-28(11-4)39-24-27)14-17-32(30)40-25-34(35)41(6)7/h12-18,21-25H,8-11,19-20H2,1-7H3/b21-12-. The van der Waals surface area contributed by atoms with Crippen LogP contribution in [0.15, 0.2) is 73.2 Å². The van der Waals surface area contributed by atoms with Crippen LogP contribution in [0.4, 0.5) is 31.5 Å². The van der Waals surface area contributed by atoms with Crippen molar-refractivity contribution in [3.63, 3.8) is 0 Å². The summed E-state index contributed by atoms with van der Waals surface area (Å²) < 4.78 is 30.6. The predicted octanol–water partition coefficient (Wildman–Crippen LogP) is 9.73. The van der Waals surface area contributed by atoms with Gasteiger partial charge in [-0.05, 0) is 67.6 Å². The summed E-state index contributed by atoms with van der Waals surface area (Å²) in [4.78, 5) is 15.5. The molecule has 0 aliphatic rings. The second-order valence-electron chi connectivity index (χ2n) is 11.3. The molecule has 4 rings (SSSR count). The molecule has 0 saturated carbocycles. The Balaban J connectivity index is 1.98. The topological polar surface area (TPSA) is 35.5 Å². The van der Waals surface area contributed by atoms with Gasteiger partial charge in [0.15, 0.2) is 0 Å². The average molecular weight is 586 g/mol. The molecule has 0 bridgehead atoms. The molecule has 0 N–H and O–H groups in total. The van der Waals surface area contributed by atoms with Crippen LogP contribution in [0, 0.1) is 0 Å². The molecule has 0 aliphatic heterocycles. The van der Waals surface area contributed by atoms with E-state index in [2.05, 4.69) is 67.9 Å². The van der Waals surface area contributed by atoms with Gasteiger partial charge < -0.3 is 14.7 Å². The zero-order chi connectivity index (χ0) is 31.1. The number of hydrogen-bond donors (Lipinski definition) is 0. The smallest absolute Gasteiger partial charge is 0.272 e. The van der Waals surface area contributed by atoms with Gasteiger partial charge in [0, 0.05) is 80.1 Å². The number of fused-ring (bicyclic) bond motifs is 1. The lowest BCUT2D eigenvalue weighted by molar-refractivity contribution is 0.0180. The summed E-state index contributed by atoms with van der Waals surface area (Å²) in [5, 5.41) is 0.927. The van der Waals surface area contributed by atoms with Gasteiger partial charge in [-0.1, -0.05) is 45.9 Å². The highest BCUT2D eigenvalue weighted by atomic mass is 19.3. The van der Waals surface area contributed by atoms with E-state index >= 15 is 8.78 Å².